The Bertz CT molecular complexity index is 442. The number of benzene rings is 1. The van der Waals surface area contributed by atoms with Crippen LogP contribution in [0.15, 0.2) is 18.2 Å². The smallest absolute Gasteiger partial charge is 0.220 e. The zero-order valence-corrected chi connectivity index (χ0v) is 14.2. The highest BCUT2D eigenvalue weighted by Crippen LogP contribution is 2.27. The van der Waals surface area contributed by atoms with Crippen LogP contribution in [0, 0.1) is 0 Å². The zero-order chi connectivity index (χ0) is 15.0. The van der Waals surface area contributed by atoms with Gasteiger partial charge in [0.15, 0.2) is 0 Å². The van der Waals surface area contributed by atoms with E-state index in [9.17, 15) is 4.79 Å². The summed E-state index contributed by atoms with van der Waals surface area (Å²) >= 11 is 11.8. The monoisotopic (exact) mass is 354 g/mol. The van der Waals surface area contributed by atoms with Crippen molar-refractivity contribution in [1.29, 1.82) is 0 Å². The van der Waals surface area contributed by atoms with Crippen molar-refractivity contribution in [2.45, 2.75) is 32.2 Å². The molecule has 0 aliphatic rings. The SMILES string of the molecule is CC(N)CCC(=O)NCCCOc1ccc(Cl)cc1Cl.Cl. The van der Waals surface area contributed by atoms with Gasteiger partial charge < -0.3 is 15.8 Å². The third kappa shape index (κ3) is 9.04. The van der Waals surface area contributed by atoms with Crippen LogP contribution in [0.1, 0.15) is 26.2 Å². The van der Waals surface area contributed by atoms with Crippen LogP contribution in [0.5, 0.6) is 5.75 Å². The maximum absolute atomic E-state index is 11.4. The maximum atomic E-state index is 11.4. The van der Waals surface area contributed by atoms with E-state index < -0.39 is 0 Å². The number of halogens is 3. The lowest BCUT2D eigenvalue weighted by Gasteiger charge is -2.09. The maximum Gasteiger partial charge on any atom is 0.220 e. The van der Waals surface area contributed by atoms with Crippen LogP contribution in [-0.2, 0) is 4.79 Å². The highest BCUT2D eigenvalue weighted by molar-refractivity contribution is 6.35. The predicted molar refractivity (Wildman–Crippen MR) is 89.7 cm³/mol. The van der Waals surface area contributed by atoms with Gasteiger partial charge in [-0.05, 0) is 38.0 Å². The zero-order valence-electron chi connectivity index (χ0n) is 11.9. The Morgan fingerprint density at radius 2 is 2.14 bits per heavy atom. The summed E-state index contributed by atoms with van der Waals surface area (Å²) in [6.07, 6.45) is 1.87. The van der Waals surface area contributed by atoms with E-state index in [2.05, 4.69) is 5.32 Å². The molecule has 1 aromatic carbocycles. The summed E-state index contributed by atoms with van der Waals surface area (Å²) in [7, 11) is 0. The van der Waals surface area contributed by atoms with E-state index in [4.69, 9.17) is 33.7 Å². The van der Waals surface area contributed by atoms with Gasteiger partial charge in [0, 0.05) is 24.0 Å². The second kappa shape index (κ2) is 11.0. The van der Waals surface area contributed by atoms with E-state index in [0.29, 0.717) is 48.2 Å². The summed E-state index contributed by atoms with van der Waals surface area (Å²) in [5.41, 5.74) is 5.58. The minimum Gasteiger partial charge on any atom is -0.492 e. The van der Waals surface area contributed by atoms with E-state index in [-0.39, 0.29) is 24.4 Å². The van der Waals surface area contributed by atoms with Gasteiger partial charge in [-0.1, -0.05) is 23.2 Å². The first-order valence-corrected chi connectivity index (χ1v) is 7.34. The number of rotatable bonds is 8. The molecular weight excluding hydrogens is 335 g/mol. The van der Waals surface area contributed by atoms with Gasteiger partial charge in [0.1, 0.15) is 5.75 Å². The Kier molecular flexibility index (Phi) is 10.6. The van der Waals surface area contributed by atoms with Gasteiger partial charge in [0.25, 0.3) is 0 Å². The van der Waals surface area contributed by atoms with Crippen LogP contribution >= 0.6 is 35.6 Å². The van der Waals surface area contributed by atoms with Crippen molar-refractivity contribution in [1.82, 2.24) is 5.32 Å². The molecule has 0 spiro atoms. The highest BCUT2D eigenvalue weighted by Gasteiger charge is 2.04. The quantitative estimate of drug-likeness (QED) is 0.702. The average molecular weight is 356 g/mol. The third-order valence-electron chi connectivity index (χ3n) is 2.62. The Morgan fingerprint density at radius 1 is 1.43 bits per heavy atom. The van der Waals surface area contributed by atoms with E-state index in [1.165, 1.54) is 0 Å². The molecule has 0 saturated carbocycles. The summed E-state index contributed by atoms with van der Waals surface area (Å²) in [5, 5.41) is 3.88. The minimum absolute atomic E-state index is 0. The summed E-state index contributed by atoms with van der Waals surface area (Å²) < 4.78 is 5.51. The lowest BCUT2D eigenvalue weighted by atomic mass is 10.2. The van der Waals surface area contributed by atoms with Crippen LogP contribution in [0.4, 0.5) is 0 Å². The van der Waals surface area contributed by atoms with Crippen LogP contribution in [-0.4, -0.2) is 25.1 Å². The van der Waals surface area contributed by atoms with E-state index >= 15 is 0 Å². The summed E-state index contributed by atoms with van der Waals surface area (Å²) in [6.45, 7) is 2.94. The fourth-order valence-electron chi connectivity index (χ4n) is 1.52. The number of nitrogens with two attached hydrogens (primary N) is 1. The number of hydrogen-bond acceptors (Lipinski definition) is 3. The number of ether oxygens (including phenoxy) is 1. The Balaban J connectivity index is 0.00000400. The fourth-order valence-corrected chi connectivity index (χ4v) is 1.98. The molecular formula is C14H21Cl3N2O2. The molecule has 0 bridgehead atoms. The molecule has 1 aromatic rings. The Hall–Kier alpha value is -0.680. The number of carbonyl (C=O) groups excluding carboxylic acids is 1. The Morgan fingerprint density at radius 3 is 2.76 bits per heavy atom. The van der Waals surface area contributed by atoms with Crippen molar-refractivity contribution in [2.24, 2.45) is 5.73 Å². The van der Waals surface area contributed by atoms with E-state index in [1.54, 1.807) is 18.2 Å². The van der Waals surface area contributed by atoms with Gasteiger partial charge in [-0.15, -0.1) is 12.4 Å². The first-order valence-electron chi connectivity index (χ1n) is 6.59. The van der Waals surface area contributed by atoms with Crippen LogP contribution in [0.2, 0.25) is 10.0 Å². The number of hydrogen-bond donors (Lipinski definition) is 2. The highest BCUT2D eigenvalue weighted by atomic mass is 35.5. The van der Waals surface area contributed by atoms with Gasteiger partial charge >= 0.3 is 0 Å². The molecule has 0 aliphatic carbocycles. The molecule has 1 amide bonds. The third-order valence-corrected chi connectivity index (χ3v) is 3.15. The molecule has 1 atom stereocenters. The van der Waals surface area contributed by atoms with Crippen molar-refractivity contribution < 1.29 is 9.53 Å². The Labute approximate surface area is 141 Å². The molecule has 1 unspecified atom stereocenters. The fraction of sp³-hybridized carbons (Fsp3) is 0.500. The summed E-state index contributed by atoms with van der Waals surface area (Å²) in [5.74, 6) is 0.617. The normalized spacial score (nSPS) is 11.4. The molecule has 7 heteroatoms. The van der Waals surface area contributed by atoms with Crippen molar-refractivity contribution >= 4 is 41.5 Å². The van der Waals surface area contributed by atoms with Crippen LogP contribution in [0.3, 0.4) is 0 Å². The topological polar surface area (TPSA) is 64.4 Å². The van der Waals surface area contributed by atoms with E-state index in [0.717, 1.165) is 0 Å². The summed E-state index contributed by atoms with van der Waals surface area (Å²) in [6, 6.07) is 5.13. The first-order chi connectivity index (χ1) is 9.49. The molecule has 0 heterocycles. The van der Waals surface area contributed by atoms with Crippen LogP contribution < -0.4 is 15.8 Å². The largest absolute Gasteiger partial charge is 0.492 e. The van der Waals surface area contributed by atoms with Crippen molar-refractivity contribution in [3.8, 4) is 5.75 Å². The lowest BCUT2D eigenvalue weighted by molar-refractivity contribution is -0.121. The average Bonchev–Trinajstić information content (AvgIpc) is 2.38. The second-order valence-corrected chi connectivity index (χ2v) is 5.49. The van der Waals surface area contributed by atoms with Gasteiger partial charge in [0.05, 0.1) is 11.6 Å². The molecule has 0 radical (unpaired) electrons. The molecule has 0 fully saturated rings. The van der Waals surface area contributed by atoms with E-state index in [1.807, 2.05) is 6.92 Å². The molecule has 1 rings (SSSR count). The molecule has 3 N–H and O–H groups in total. The van der Waals surface area contributed by atoms with Crippen molar-refractivity contribution in [3.05, 3.63) is 28.2 Å². The number of nitrogens with one attached hydrogen (secondary N) is 1. The van der Waals surface area contributed by atoms with Crippen LogP contribution in [0.25, 0.3) is 0 Å². The number of carbonyl (C=O) groups is 1. The predicted octanol–water partition coefficient (Wildman–Crippen LogP) is 3.43. The van der Waals surface area contributed by atoms with Gasteiger partial charge in [0.2, 0.25) is 5.91 Å². The molecule has 120 valence electrons. The van der Waals surface area contributed by atoms with Crippen molar-refractivity contribution in [3.63, 3.8) is 0 Å². The second-order valence-electron chi connectivity index (χ2n) is 4.64. The first kappa shape index (κ1) is 20.3. The standard InChI is InChI=1S/C14H20Cl2N2O2.ClH/c1-10(17)3-6-14(19)18-7-2-8-20-13-5-4-11(15)9-12(13)16;/h4-5,9-10H,2-3,6-8,17H2,1H3,(H,18,19);1H. The molecule has 0 aromatic heterocycles. The van der Waals surface area contributed by atoms with Gasteiger partial charge in [-0.25, -0.2) is 0 Å². The van der Waals surface area contributed by atoms with Crippen molar-refractivity contribution in [2.75, 3.05) is 13.2 Å². The molecule has 0 saturated heterocycles. The number of amides is 1. The van der Waals surface area contributed by atoms with Gasteiger partial charge in [-0.2, -0.15) is 0 Å². The van der Waals surface area contributed by atoms with Gasteiger partial charge in [-0.3, -0.25) is 4.79 Å². The molecule has 4 nitrogen and oxygen atoms in total. The molecule has 0 aliphatic heterocycles. The minimum atomic E-state index is 0. The molecule has 21 heavy (non-hydrogen) atoms. The lowest BCUT2D eigenvalue weighted by Crippen LogP contribution is -2.27. The summed E-state index contributed by atoms with van der Waals surface area (Å²) in [4.78, 5) is 11.4.